The molecule has 0 aliphatic carbocycles. The van der Waals surface area contributed by atoms with Crippen molar-refractivity contribution in [2.24, 2.45) is 0 Å². The van der Waals surface area contributed by atoms with Gasteiger partial charge in [0.05, 0.1) is 5.56 Å². The van der Waals surface area contributed by atoms with Gasteiger partial charge >= 0.3 is 0 Å². The number of carbonyl (C=O) groups excluding carboxylic acids is 1. The van der Waals surface area contributed by atoms with Crippen LogP contribution in [-0.2, 0) is 0 Å². The molecule has 1 aromatic heterocycles. The molecule has 0 bridgehead atoms. The topological polar surface area (TPSA) is 67.2 Å². The minimum Gasteiger partial charge on any atom is -0.436 e. The Balaban J connectivity index is 1.56. The van der Waals surface area contributed by atoms with Gasteiger partial charge in [0.15, 0.2) is 10.7 Å². The van der Waals surface area contributed by atoms with Crippen molar-refractivity contribution >= 4 is 40.0 Å². The fraction of sp³-hybridized carbons (Fsp3) is 0.125. The number of carbonyl (C=O) groups is 1. The number of aryl methyl sites for hydroxylation is 3. The van der Waals surface area contributed by atoms with Crippen molar-refractivity contribution in [3.63, 3.8) is 0 Å². The van der Waals surface area contributed by atoms with Gasteiger partial charge in [-0.3, -0.25) is 10.1 Å². The zero-order valence-corrected chi connectivity index (χ0v) is 18.1. The molecule has 0 saturated heterocycles. The predicted octanol–water partition coefficient (Wildman–Crippen LogP) is 5.69. The van der Waals surface area contributed by atoms with Gasteiger partial charge in [0.25, 0.3) is 5.91 Å². The van der Waals surface area contributed by atoms with Crippen molar-refractivity contribution < 1.29 is 13.6 Å². The van der Waals surface area contributed by atoms with Crippen LogP contribution < -0.4 is 10.6 Å². The lowest BCUT2D eigenvalue weighted by molar-refractivity contribution is 0.0974. The second-order valence-electron chi connectivity index (χ2n) is 7.34. The predicted molar refractivity (Wildman–Crippen MR) is 124 cm³/mol. The van der Waals surface area contributed by atoms with Crippen molar-refractivity contribution in [3.05, 3.63) is 82.7 Å². The number of thiocarbonyl (C=S) groups is 1. The fourth-order valence-electron chi connectivity index (χ4n) is 3.16. The van der Waals surface area contributed by atoms with E-state index in [9.17, 15) is 9.18 Å². The summed E-state index contributed by atoms with van der Waals surface area (Å²) in [7, 11) is 0. The van der Waals surface area contributed by atoms with Gasteiger partial charge in [0.1, 0.15) is 11.3 Å². The number of nitrogens with one attached hydrogen (secondary N) is 2. The van der Waals surface area contributed by atoms with Crippen LogP contribution in [0.25, 0.3) is 22.6 Å². The first-order chi connectivity index (χ1) is 14.8. The summed E-state index contributed by atoms with van der Waals surface area (Å²) in [6, 6.07) is 15.4. The van der Waals surface area contributed by atoms with E-state index < -0.39 is 11.7 Å². The lowest BCUT2D eigenvalue weighted by Gasteiger charge is -2.13. The molecule has 1 heterocycles. The molecule has 0 atom stereocenters. The third kappa shape index (κ3) is 4.32. The van der Waals surface area contributed by atoms with Crippen LogP contribution in [0.3, 0.4) is 0 Å². The van der Waals surface area contributed by atoms with E-state index in [2.05, 4.69) is 15.6 Å². The highest BCUT2D eigenvalue weighted by Crippen LogP contribution is 2.29. The molecular formula is C24H20FN3O2S. The molecule has 1 amide bonds. The maximum absolute atomic E-state index is 13.8. The van der Waals surface area contributed by atoms with Crippen LogP contribution in [0.1, 0.15) is 27.0 Å². The SMILES string of the molecule is Cc1cc2nc(-c3ccc(C)c(NC(=S)NC(=O)c4ccccc4F)c3)oc2cc1C. The number of anilines is 1. The van der Waals surface area contributed by atoms with Gasteiger partial charge in [-0.15, -0.1) is 0 Å². The average Bonchev–Trinajstić information content (AvgIpc) is 3.12. The Bertz CT molecular complexity index is 1290. The van der Waals surface area contributed by atoms with E-state index in [-0.39, 0.29) is 10.7 Å². The summed E-state index contributed by atoms with van der Waals surface area (Å²) in [6.07, 6.45) is 0. The fourth-order valence-corrected chi connectivity index (χ4v) is 3.37. The number of halogens is 1. The average molecular weight is 434 g/mol. The molecule has 0 spiro atoms. The van der Waals surface area contributed by atoms with Gasteiger partial charge in [-0.1, -0.05) is 18.2 Å². The molecule has 0 saturated carbocycles. The summed E-state index contributed by atoms with van der Waals surface area (Å²) in [4.78, 5) is 16.9. The van der Waals surface area contributed by atoms with E-state index >= 15 is 0 Å². The van der Waals surface area contributed by atoms with Gasteiger partial charge in [0.2, 0.25) is 5.89 Å². The standard InChI is InChI=1S/C24H20FN3O2S/c1-13-8-9-16(23-26-20-10-14(2)15(3)11-21(20)30-23)12-19(13)27-24(31)28-22(29)17-6-4-5-7-18(17)25/h4-12H,1-3H3,(H2,27,28,29,31). The zero-order chi connectivity index (χ0) is 22.1. The van der Waals surface area contributed by atoms with Crippen LogP contribution in [0.5, 0.6) is 0 Å². The van der Waals surface area contributed by atoms with E-state index in [1.807, 2.05) is 51.1 Å². The summed E-state index contributed by atoms with van der Waals surface area (Å²) in [6.45, 7) is 5.97. The number of hydrogen-bond acceptors (Lipinski definition) is 4. The van der Waals surface area contributed by atoms with Crippen molar-refractivity contribution in [1.82, 2.24) is 10.3 Å². The summed E-state index contributed by atoms with van der Waals surface area (Å²) >= 11 is 5.25. The summed E-state index contributed by atoms with van der Waals surface area (Å²) in [5.74, 6) is -0.735. The van der Waals surface area contributed by atoms with E-state index in [4.69, 9.17) is 16.6 Å². The largest absolute Gasteiger partial charge is 0.436 e. The maximum atomic E-state index is 13.8. The Morgan fingerprint density at radius 1 is 1.00 bits per heavy atom. The van der Waals surface area contributed by atoms with Crippen LogP contribution in [0.2, 0.25) is 0 Å². The molecule has 4 aromatic rings. The van der Waals surface area contributed by atoms with E-state index in [1.165, 1.54) is 18.2 Å². The summed E-state index contributed by atoms with van der Waals surface area (Å²) in [5, 5.41) is 5.58. The summed E-state index contributed by atoms with van der Waals surface area (Å²) in [5.41, 5.74) is 6.09. The van der Waals surface area contributed by atoms with Crippen LogP contribution in [0.4, 0.5) is 10.1 Å². The molecule has 5 nitrogen and oxygen atoms in total. The molecule has 0 unspecified atom stereocenters. The van der Waals surface area contributed by atoms with Gasteiger partial charge in [-0.25, -0.2) is 9.37 Å². The van der Waals surface area contributed by atoms with Gasteiger partial charge in [-0.2, -0.15) is 0 Å². The Hall–Kier alpha value is -3.58. The Morgan fingerprint density at radius 2 is 1.74 bits per heavy atom. The van der Waals surface area contributed by atoms with Crippen LogP contribution in [0, 0.1) is 26.6 Å². The first-order valence-corrected chi connectivity index (χ1v) is 10.1. The number of hydrogen-bond donors (Lipinski definition) is 2. The molecule has 31 heavy (non-hydrogen) atoms. The van der Waals surface area contributed by atoms with Gasteiger partial charge in [0, 0.05) is 11.3 Å². The highest BCUT2D eigenvalue weighted by atomic mass is 32.1. The van der Waals surface area contributed by atoms with Crippen molar-refractivity contribution in [1.29, 1.82) is 0 Å². The van der Waals surface area contributed by atoms with Crippen molar-refractivity contribution in [2.75, 3.05) is 5.32 Å². The number of aromatic nitrogens is 1. The molecular weight excluding hydrogens is 413 g/mol. The molecule has 0 aliphatic rings. The molecule has 7 heteroatoms. The normalized spacial score (nSPS) is 10.8. The smallest absolute Gasteiger partial charge is 0.260 e. The number of rotatable bonds is 3. The van der Waals surface area contributed by atoms with Gasteiger partial charge in [-0.05, 0) is 86.1 Å². The lowest BCUT2D eigenvalue weighted by Crippen LogP contribution is -2.34. The quantitative estimate of drug-likeness (QED) is 0.407. The minimum atomic E-state index is -0.617. The Kier molecular flexibility index (Phi) is 5.52. The number of fused-ring (bicyclic) bond motifs is 1. The first kappa shape index (κ1) is 20.7. The monoisotopic (exact) mass is 433 g/mol. The van der Waals surface area contributed by atoms with E-state index in [0.29, 0.717) is 11.6 Å². The minimum absolute atomic E-state index is 0.0670. The van der Waals surface area contributed by atoms with Crippen LogP contribution >= 0.6 is 12.2 Å². The highest BCUT2D eigenvalue weighted by molar-refractivity contribution is 7.80. The van der Waals surface area contributed by atoms with Crippen molar-refractivity contribution in [3.8, 4) is 11.5 Å². The third-order valence-electron chi connectivity index (χ3n) is 5.08. The second-order valence-corrected chi connectivity index (χ2v) is 7.75. The highest BCUT2D eigenvalue weighted by Gasteiger charge is 2.14. The number of amides is 1. The zero-order valence-electron chi connectivity index (χ0n) is 17.2. The molecule has 0 fully saturated rings. The molecule has 4 rings (SSSR count). The lowest BCUT2D eigenvalue weighted by atomic mass is 10.1. The van der Waals surface area contributed by atoms with E-state index in [1.54, 1.807) is 6.07 Å². The summed E-state index contributed by atoms with van der Waals surface area (Å²) < 4.78 is 19.8. The Morgan fingerprint density at radius 3 is 2.52 bits per heavy atom. The second kappa shape index (κ2) is 8.28. The van der Waals surface area contributed by atoms with Crippen LogP contribution in [0.15, 0.2) is 59.0 Å². The van der Waals surface area contributed by atoms with Crippen molar-refractivity contribution in [2.45, 2.75) is 20.8 Å². The molecule has 0 aliphatic heterocycles. The molecule has 2 N–H and O–H groups in total. The molecule has 3 aromatic carbocycles. The van der Waals surface area contributed by atoms with Gasteiger partial charge < -0.3 is 9.73 Å². The maximum Gasteiger partial charge on any atom is 0.260 e. The number of nitrogens with zero attached hydrogens (tertiary/aromatic N) is 1. The third-order valence-corrected chi connectivity index (χ3v) is 5.29. The Labute approximate surface area is 184 Å². The molecule has 0 radical (unpaired) electrons. The first-order valence-electron chi connectivity index (χ1n) is 9.67. The molecule has 156 valence electrons. The van der Waals surface area contributed by atoms with E-state index in [0.717, 1.165) is 33.4 Å². The number of oxazole rings is 1. The number of benzene rings is 3. The van der Waals surface area contributed by atoms with Crippen LogP contribution in [-0.4, -0.2) is 16.0 Å².